The summed E-state index contributed by atoms with van der Waals surface area (Å²) in [5, 5.41) is 14.7. The van der Waals surface area contributed by atoms with Crippen LogP contribution in [0.1, 0.15) is 44.0 Å². The standard InChI is InChI=1S/C21H32N2O8/c1-21(2,3)30-20(26)31-23-11-7-9-16(24)15(12-23)22-19(25)14-8-6-10-17(28-5)18(14)29-13-27-4/h6,8,10,15-16,24H,7,9,11-13H2,1-5H3,(H,22,25)/t15-,16-/m1/s1. The van der Waals surface area contributed by atoms with Gasteiger partial charge in [-0.1, -0.05) is 6.07 Å². The van der Waals surface area contributed by atoms with Gasteiger partial charge in [-0.2, -0.15) is 0 Å². The summed E-state index contributed by atoms with van der Waals surface area (Å²) >= 11 is 0. The average Bonchev–Trinajstić information content (AvgIpc) is 2.85. The molecule has 1 fully saturated rings. The summed E-state index contributed by atoms with van der Waals surface area (Å²) in [5.74, 6) is 0.142. The van der Waals surface area contributed by atoms with Crippen LogP contribution in [0.2, 0.25) is 0 Å². The molecular formula is C21H32N2O8. The molecule has 0 spiro atoms. The van der Waals surface area contributed by atoms with Crippen LogP contribution in [0.25, 0.3) is 0 Å². The van der Waals surface area contributed by atoms with E-state index in [1.165, 1.54) is 19.3 Å². The number of ether oxygens (including phenoxy) is 4. The number of hydrogen-bond donors (Lipinski definition) is 2. The van der Waals surface area contributed by atoms with Crippen LogP contribution in [0.4, 0.5) is 4.79 Å². The Morgan fingerprint density at radius 3 is 2.65 bits per heavy atom. The van der Waals surface area contributed by atoms with Crippen LogP contribution in [0.3, 0.4) is 0 Å². The third-order valence-corrected chi connectivity index (χ3v) is 4.45. The Morgan fingerprint density at radius 1 is 1.26 bits per heavy atom. The lowest BCUT2D eigenvalue weighted by atomic mass is 10.1. The normalized spacial score (nSPS) is 19.8. The van der Waals surface area contributed by atoms with Gasteiger partial charge >= 0.3 is 6.16 Å². The molecule has 1 aliphatic rings. The third-order valence-electron chi connectivity index (χ3n) is 4.45. The topological polar surface area (TPSA) is 116 Å². The van der Waals surface area contributed by atoms with Crippen LogP contribution in [0.5, 0.6) is 11.5 Å². The van der Waals surface area contributed by atoms with Crippen molar-refractivity contribution in [3.05, 3.63) is 23.8 Å². The van der Waals surface area contributed by atoms with E-state index in [2.05, 4.69) is 5.32 Å². The van der Waals surface area contributed by atoms with E-state index in [1.807, 2.05) is 0 Å². The quantitative estimate of drug-likeness (QED) is 0.486. The maximum atomic E-state index is 13.0. The van der Waals surface area contributed by atoms with Gasteiger partial charge in [0.2, 0.25) is 0 Å². The van der Waals surface area contributed by atoms with E-state index < -0.39 is 29.8 Å². The summed E-state index contributed by atoms with van der Waals surface area (Å²) in [6, 6.07) is 4.23. The molecule has 174 valence electrons. The SMILES string of the molecule is COCOc1c(OC)cccc1C(=O)N[C@@H]1CN(OC(=O)OC(C)(C)C)CCC[C@H]1O. The number of hydrogen-bond acceptors (Lipinski definition) is 9. The summed E-state index contributed by atoms with van der Waals surface area (Å²) in [5.41, 5.74) is -0.464. The van der Waals surface area contributed by atoms with E-state index in [4.69, 9.17) is 23.8 Å². The van der Waals surface area contributed by atoms with E-state index in [0.29, 0.717) is 25.1 Å². The highest BCUT2D eigenvalue weighted by Crippen LogP contribution is 2.31. The minimum Gasteiger partial charge on any atom is -0.493 e. The molecule has 10 heteroatoms. The van der Waals surface area contributed by atoms with Gasteiger partial charge in [0, 0.05) is 13.7 Å². The van der Waals surface area contributed by atoms with Crippen molar-refractivity contribution in [3.63, 3.8) is 0 Å². The lowest BCUT2D eigenvalue weighted by Gasteiger charge is -2.27. The molecular weight excluding hydrogens is 408 g/mol. The number of nitrogens with one attached hydrogen (secondary N) is 1. The second kappa shape index (κ2) is 11.2. The largest absolute Gasteiger partial charge is 0.528 e. The molecule has 31 heavy (non-hydrogen) atoms. The molecule has 2 N–H and O–H groups in total. The molecule has 1 aromatic carbocycles. The van der Waals surface area contributed by atoms with Crippen molar-refractivity contribution in [1.29, 1.82) is 0 Å². The molecule has 0 aliphatic carbocycles. The zero-order valence-electron chi connectivity index (χ0n) is 18.7. The molecule has 1 amide bonds. The molecule has 0 bridgehead atoms. The Morgan fingerprint density at radius 2 is 2.00 bits per heavy atom. The number of carbonyl (C=O) groups excluding carboxylic acids is 2. The van der Waals surface area contributed by atoms with Gasteiger partial charge in [0.05, 0.1) is 31.4 Å². The van der Waals surface area contributed by atoms with Crippen LogP contribution >= 0.6 is 0 Å². The average molecular weight is 440 g/mol. The summed E-state index contributed by atoms with van der Waals surface area (Å²) < 4.78 is 20.9. The van der Waals surface area contributed by atoms with Crippen molar-refractivity contribution in [2.75, 3.05) is 34.1 Å². The fourth-order valence-electron chi connectivity index (χ4n) is 3.08. The number of amides is 1. The van der Waals surface area contributed by atoms with Crippen LogP contribution in [0.15, 0.2) is 18.2 Å². The molecule has 1 heterocycles. The number of hydroxylamine groups is 2. The Kier molecular flexibility index (Phi) is 8.90. The lowest BCUT2D eigenvalue weighted by molar-refractivity contribution is -0.144. The fourth-order valence-corrected chi connectivity index (χ4v) is 3.08. The predicted molar refractivity (Wildman–Crippen MR) is 111 cm³/mol. The maximum absolute atomic E-state index is 13.0. The van der Waals surface area contributed by atoms with Crippen LogP contribution in [0, 0.1) is 0 Å². The lowest BCUT2D eigenvalue weighted by Crippen LogP contribution is -2.49. The Labute approximate surface area is 182 Å². The highest BCUT2D eigenvalue weighted by Gasteiger charge is 2.31. The molecule has 0 saturated carbocycles. The fraction of sp³-hybridized carbons (Fsp3) is 0.619. The number of aliphatic hydroxyl groups is 1. The monoisotopic (exact) mass is 440 g/mol. The van der Waals surface area contributed by atoms with Gasteiger partial charge in [0.15, 0.2) is 18.3 Å². The van der Waals surface area contributed by atoms with Gasteiger partial charge in [-0.3, -0.25) is 4.79 Å². The van der Waals surface area contributed by atoms with Gasteiger partial charge in [0.1, 0.15) is 5.60 Å². The highest BCUT2D eigenvalue weighted by atomic mass is 16.8. The van der Waals surface area contributed by atoms with Crippen molar-refractivity contribution in [2.45, 2.75) is 51.4 Å². The zero-order valence-corrected chi connectivity index (χ0v) is 18.7. The van der Waals surface area contributed by atoms with Crippen LogP contribution in [-0.4, -0.2) is 74.1 Å². The van der Waals surface area contributed by atoms with Crippen molar-refractivity contribution in [3.8, 4) is 11.5 Å². The molecule has 0 unspecified atom stereocenters. The van der Waals surface area contributed by atoms with Crippen molar-refractivity contribution >= 4 is 12.1 Å². The molecule has 10 nitrogen and oxygen atoms in total. The smallest absolute Gasteiger partial charge is 0.493 e. The third kappa shape index (κ3) is 7.57. The second-order valence-electron chi connectivity index (χ2n) is 8.12. The number of methoxy groups -OCH3 is 2. The number of carbonyl (C=O) groups is 2. The Bertz CT molecular complexity index is 749. The van der Waals surface area contributed by atoms with Gasteiger partial charge in [-0.05, 0) is 45.7 Å². The number of aliphatic hydroxyl groups excluding tert-OH is 1. The van der Waals surface area contributed by atoms with Gasteiger partial charge in [-0.25, -0.2) is 4.79 Å². The van der Waals surface area contributed by atoms with Gasteiger partial charge in [-0.15, -0.1) is 5.06 Å². The summed E-state index contributed by atoms with van der Waals surface area (Å²) in [6.45, 7) is 5.65. The maximum Gasteiger partial charge on any atom is 0.528 e. The van der Waals surface area contributed by atoms with Gasteiger partial charge < -0.3 is 34.2 Å². The van der Waals surface area contributed by atoms with Crippen molar-refractivity contribution in [2.24, 2.45) is 0 Å². The minimum atomic E-state index is -0.836. The van der Waals surface area contributed by atoms with E-state index in [9.17, 15) is 14.7 Å². The predicted octanol–water partition coefficient (Wildman–Crippen LogP) is 2.10. The summed E-state index contributed by atoms with van der Waals surface area (Å²) in [7, 11) is 2.94. The van der Waals surface area contributed by atoms with Crippen LogP contribution < -0.4 is 14.8 Å². The zero-order chi connectivity index (χ0) is 23.0. The summed E-state index contributed by atoms with van der Waals surface area (Å²) in [6.07, 6.45) is -0.635. The van der Waals surface area contributed by atoms with Gasteiger partial charge in [0.25, 0.3) is 5.91 Å². The Balaban J connectivity index is 2.12. The Hall–Kier alpha value is -2.56. The molecule has 1 aliphatic heterocycles. The molecule has 2 rings (SSSR count). The number of para-hydroxylation sites is 1. The van der Waals surface area contributed by atoms with E-state index in [-0.39, 0.29) is 24.7 Å². The van der Waals surface area contributed by atoms with Crippen LogP contribution in [-0.2, 0) is 14.3 Å². The summed E-state index contributed by atoms with van der Waals surface area (Å²) in [4.78, 5) is 30.3. The first-order valence-corrected chi connectivity index (χ1v) is 10.1. The molecule has 0 radical (unpaired) electrons. The number of nitrogens with zero attached hydrogens (tertiary/aromatic N) is 1. The van der Waals surface area contributed by atoms with E-state index >= 15 is 0 Å². The van der Waals surface area contributed by atoms with E-state index in [0.717, 1.165) is 0 Å². The van der Waals surface area contributed by atoms with E-state index in [1.54, 1.807) is 39.0 Å². The van der Waals surface area contributed by atoms with Crippen molar-refractivity contribution in [1.82, 2.24) is 10.4 Å². The highest BCUT2D eigenvalue weighted by molar-refractivity contribution is 5.98. The molecule has 1 aromatic rings. The minimum absolute atomic E-state index is 0.0653. The number of benzene rings is 1. The van der Waals surface area contributed by atoms with Crippen molar-refractivity contribution < 1.29 is 38.5 Å². The first kappa shape index (κ1) is 24.7. The molecule has 2 atom stereocenters. The first-order valence-electron chi connectivity index (χ1n) is 10.1. The molecule has 1 saturated heterocycles. The number of rotatable bonds is 7. The first-order chi connectivity index (χ1) is 14.6. The second-order valence-corrected chi connectivity index (χ2v) is 8.12. The molecule has 0 aromatic heterocycles.